The average molecular weight is 347 g/mol. The van der Waals surface area contributed by atoms with Crippen molar-refractivity contribution in [1.82, 2.24) is 20.3 Å². The van der Waals surface area contributed by atoms with Crippen LogP contribution in [-0.4, -0.2) is 20.9 Å². The van der Waals surface area contributed by atoms with Crippen LogP contribution in [0.1, 0.15) is 33.0 Å². The van der Waals surface area contributed by atoms with E-state index in [0.29, 0.717) is 30.4 Å². The van der Waals surface area contributed by atoms with Crippen molar-refractivity contribution in [2.24, 2.45) is 0 Å². The zero-order chi connectivity index (χ0) is 18.4. The van der Waals surface area contributed by atoms with Crippen LogP contribution >= 0.6 is 0 Å². The summed E-state index contributed by atoms with van der Waals surface area (Å²) in [7, 11) is 0. The number of hydrogen-bond donors (Lipinski definition) is 2. The fourth-order valence-electron chi connectivity index (χ4n) is 2.45. The van der Waals surface area contributed by atoms with Gasteiger partial charge in [-0.15, -0.1) is 0 Å². The van der Waals surface area contributed by atoms with Gasteiger partial charge < -0.3 is 10.6 Å². The van der Waals surface area contributed by atoms with Gasteiger partial charge in [0.15, 0.2) is 0 Å². The molecule has 0 saturated heterocycles. The van der Waals surface area contributed by atoms with Crippen LogP contribution in [0.3, 0.4) is 0 Å². The summed E-state index contributed by atoms with van der Waals surface area (Å²) in [6.45, 7) is 4.87. The van der Waals surface area contributed by atoms with Gasteiger partial charge >= 0.3 is 0 Å². The molecule has 0 spiro atoms. The number of hydrogen-bond acceptors (Lipinski definition) is 5. The van der Waals surface area contributed by atoms with Gasteiger partial charge in [0.05, 0.1) is 0 Å². The third-order valence-corrected chi connectivity index (χ3v) is 3.84. The van der Waals surface area contributed by atoms with E-state index in [9.17, 15) is 4.79 Å². The Kier molecular flexibility index (Phi) is 5.53. The number of aryl methyl sites for hydroxylation is 2. The topological polar surface area (TPSA) is 79.8 Å². The van der Waals surface area contributed by atoms with Crippen LogP contribution in [0, 0.1) is 13.8 Å². The Labute approximate surface area is 152 Å². The van der Waals surface area contributed by atoms with Crippen molar-refractivity contribution in [3.05, 3.63) is 83.1 Å². The molecule has 0 aliphatic heterocycles. The highest BCUT2D eigenvalue weighted by molar-refractivity contribution is 5.92. The molecule has 3 rings (SSSR count). The van der Waals surface area contributed by atoms with E-state index in [-0.39, 0.29) is 5.91 Å². The lowest BCUT2D eigenvalue weighted by molar-refractivity contribution is 0.0945. The molecule has 6 nitrogen and oxygen atoms in total. The van der Waals surface area contributed by atoms with Crippen LogP contribution in [0.5, 0.6) is 0 Å². The summed E-state index contributed by atoms with van der Waals surface area (Å²) in [6.07, 6.45) is 3.42. The number of pyridine rings is 1. The highest BCUT2D eigenvalue weighted by Crippen LogP contribution is 2.10. The smallest absolute Gasteiger partial charge is 0.270 e. The Balaban J connectivity index is 1.64. The monoisotopic (exact) mass is 347 g/mol. The first-order valence-electron chi connectivity index (χ1n) is 8.42. The standard InChI is InChI=1S/C20H21N5O/c1-14-5-7-16(8-6-14)12-22-19-10-18(24-15(2)25-19)20(26)23-13-17-4-3-9-21-11-17/h3-11H,12-13H2,1-2H3,(H,23,26)(H,22,24,25). The minimum atomic E-state index is -0.238. The lowest BCUT2D eigenvalue weighted by Gasteiger charge is -2.09. The number of aromatic nitrogens is 3. The number of nitrogens with zero attached hydrogens (tertiary/aromatic N) is 3. The fourth-order valence-corrected chi connectivity index (χ4v) is 2.45. The lowest BCUT2D eigenvalue weighted by atomic mass is 10.1. The number of nitrogens with one attached hydrogen (secondary N) is 2. The largest absolute Gasteiger partial charge is 0.366 e. The first kappa shape index (κ1) is 17.5. The normalized spacial score (nSPS) is 10.4. The SMILES string of the molecule is Cc1ccc(CNc2cc(C(=O)NCc3cccnc3)nc(C)n2)cc1. The Morgan fingerprint density at radius 3 is 2.54 bits per heavy atom. The second-order valence-electron chi connectivity index (χ2n) is 6.07. The number of amides is 1. The van der Waals surface area contributed by atoms with Gasteiger partial charge in [-0.05, 0) is 31.0 Å². The third-order valence-electron chi connectivity index (χ3n) is 3.84. The van der Waals surface area contributed by atoms with Crippen LogP contribution in [0.25, 0.3) is 0 Å². The zero-order valence-corrected chi connectivity index (χ0v) is 14.9. The average Bonchev–Trinajstić information content (AvgIpc) is 2.66. The summed E-state index contributed by atoms with van der Waals surface area (Å²) in [5, 5.41) is 6.10. The number of carbonyl (C=O) groups excluding carboxylic acids is 1. The van der Waals surface area contributed by atoms with E-state index in [1.807, 2.05) is 12.1 Å². The quantitative estimate of drug-likeness (QED) is 0.716. The van der Waals surface area contributed by atoms with Gasteiger partial charge in [0.25, 0.3) is 5.91 Å². The van der Waals surface area contributed by atoms with Gasteiger partial charge in [-0.1, -0.05) is 35.9 Å². The van der Waals surface area contributed by atoms with Crippen molar-refractivity contribution in [3.63, 3.8) is 0 Å². The molecule has 3 aromatic rings. The van der Waals surface area contributed by atoms with Crippen molar-refractivity contribution < 1.29 is 4.79 Å². The molecule has 26 heavy (non-hydrogen) atoms. The molecule has 0 aliphatic carbocycles. The summed E-state index contributed by atoms with van der Waals surface area (Å²) in [5.74, 6) is 0.938. The van der Waals surface area contributed by atoms with Crippen molar-refractivity contribution in [2.45, 2.75) is 26.9 Å². The van der Waals surface area contributed by atoms with Crippen molar-refractivity contribution >= 4 is 11.7 Å². The van der Waals surface area contributed by atoms with Gasteiger partial charge in [0.1, 0.15) is 17.3 Å². The molecule has 0 bridgehead atoms. The van der Waals surface area contributed by atoms with E-state index in [4.69, 9.17) is 0 Å². The van der Waals surface area contributed by atoms with Gasteiger partial charge in [0.2, 0.25) is 0 Å². The molecule has 0 atom stereocenters. The molecule has 0 saturated carbocycles. The van der Waals surface area contributed by atoms with Gasteiger partial charge in [-0.2, -0.15) is 0 Å². The van der Waals surface area contributed by atoms with E-state index in [2.05, 4.69) is 56.8 Å². The minimum absolute atomic E-state index is 0.238. The molecule has 2 N–H and O–H groups in total. The van der Waals surface area contributed by atoms with Crippen LogP contribution < -0.4 is 10.6 Å². The molecule has 1 aromatic carbocycles. The van der Waals surface area contributed by atoms with Gasteiger partial charge in [-0.25, -0.2) is 9.97 Å². The molecule has 2 aromatic heterocycles. The number of anilines is 1. The molecule has 1 amide bonds. The molecule has 0 radical (unpaired) electrons. The molecule has 2 heterocycles. The van der Waals surface area contributed by atoms with Crippen molar-refractivity contribution in [3.8, 4) is 0 Å². The second-order valence-corrected chi connectivity index (χ2v) is 6.07. The molecular formula is C20H21N5O. The second kappa shape index (κ2) is 8.20. The van der Waals surface area contributed by atoms with E-state index < -0.39 is 0 Å². The lowest BCUT2D eigenvalue weighted by Crippen LogP contribution is -2.24. The Hall–Kier alpha value is -3.28. The summed E-state index contributed by atoms with van der Waals surface area (Å²) in [5.41, 5.74) is 3.64. The highest BCUT2D eigenvalue weighted by atomic mass is 16.1. The van der Waals surface area contributed by atoms with Crippen molar-refractivity contribution in [1.29, 1.82) is 0 Å². The Morgan fingerprint density at radius 1 is 1.00 bits per heavy atom. The molecule has 0 unspecified atom stereocenters. The summed E-state index contributed by atoms with van der Waals surface area (Å²) >= 11 is 0. The maximum Gasteiger partial charge on any atom is 0.270 e. The highest BCUT2D eigenvalue weighted by Gasteiger charge is 2.10. The van der Waals surface area contributed by atoms with E-state index in [0.717, 1.165) is 11.1 Å². The van der Waals surface area contributed by atoms with Crippen molar-refractivity contribution in [2.75, 3.05) is 5.32 Å². The minimum Gasteiger partial charge on any atom is -0.366 e. The van der Waals surface area contributed by atoms with Gasteiger partial charge in [-0.3, -0.25) is 9.78 Å². The first-order valence-corrected chi connectivity index (χ1v) is 8.42. The maximum absolute atomic E-state index is 12.4. The summed E-state index contributed by atoms with van der Waals surface area (Å²) in [4.78, 5) is 25.0. The van der Waals surface area contributed by atoms with Crippen LogP contribution in [0.2, 0.25) is 0 Å². The van der Waals surface area contributed by atoms with E-state index in [1.165, 1.54) is 5.56 Å². The molecular weight excluding hydrogens is 326 g/mol. The zero-order valence-electron chi connectivity index (χ0n) is 14.9. The third kappa shape index (κ3) is 4.86. The first-order chi connectivity index (χ1) is 12.6. The molecule has 132 valence electrons. The number of rotatable bonds is 6. The van der Waals surface area contributed by atoms with Crippen LogP contribution in [0.4, 0.5) is 5.82 Å². The maximum atomic E-state index is 12.4. The number of benzene rings is 1. The predicted molar refractivity (Wildman–Crippen MR) is 101 cm³/mol. The summed E-state index contributed by atoms with van der Waals surface area (Å²) < 4.78 is 0. The van der Waals surface area contributed by atoms with Crippen LogP contribution in [-0.2, 0) is 13.1 Å². The van der Waals surface area contributed by atoms with E-state index in [1.54, 1.807) is 25.4 Å². The van der Waals surface area contributed by atoms with Gasteiger partial charge in [0, 0.05) is 31.5 Å². The predicted octanol–water partition coefficient (Wildman–Crippen LogP) is 3.03. The molecule has 6 heteroatoms. The summed E-state index contributed by atoms with van der Waals surface area (Å²) in [6, 6.07) is 13.7. The molecule has 0 fully saturated rings. The Bertz CT molecular complexity index is 878. The number of carbonyl (C=O) groups is 1. The fraction of sp³-hybridized carbons (Fsp3) is 0.200. The molecule has 0 aliphatic rings. The van der Waals surface area contributed by atoms with Crippen LogP contribution in [0.15, 0.2) is 54.9 Å². The Morgan fingerprint density at radius 2 is 1.81 bits per heavy atom. The van der Waals surface area contributed by atoms with E-state index >= 15 is 0 Å².